The molecule has 5 rings (SSSR count). The molecular weight excluding hydrogens is 328 g/mol. The molecule has 5 nitrogen and oxygen atoms in total. The van der Waals surface area contributed by atoms with Crippen LogP contribution in [0.3, 0.4) is 0 Å². The predicted octanol–water partition coefficient (Wildman–Crippen LogP) is 3.18. The van der Waals surface area contributed by atoms with Crippen LogP contribution in [-0.2, 0) is 20.7 Å². The van der Waals surface area contributed by atoms with Crippen molar-refractivity contribution in [2.75, 3.05) is 20.2 Å². The van der Waals surface area contributed by atoms with Gasteiger partial charge >= 0.3 is 5.97 Å². The van der Waals surface area contributed by atoms with Gasteiger partial charge in [-0.05, 0) is 31.4 Å². The number of hydrogen-bond donors (Lipinski definition) is 1. The lowest BCUT2D eigenvalue weighted by Gasteiger charge is -2.49. The van der Waals surface area contributed by atoms with E-state index in [-0.39, 0.29) is 18.0 Å². The fourth-order valence-corrected chi connectivity index (χ4v) is 5.19. The van der Waals surface area contributed by atoms with Crippen LogP contribution in [-0.4, -0.2) is 42.2 Å². The Balaban J connectivity index is 1.55. The van der Waals surface area contributed by atoms with Gasteiger partial charge in [0, 0.05) is 41.5 Å². The standard InChI is InChI=1S/C21H24N2O3/c1-12-16-10-23-8-7-14-13-5-3-4-6-18(13)22-20(14)19(23)9-15(16)17(11-26-12)21(24)25-2/h3-6,11-12,15-16,19,22H,7-10H2,1-2H3/t12-,15-,16?,19-/m0/s1. The molecule has 3 aliphatic heterocycles. The van der Waals surface area contributed by atoms with Crippen molar-refractivity contribution in [1.82, 2.24) is 9.88 Å². The molecule has 1 saturated heterocycles. The molecular formula is C21H24N2O3. The molecule has 1 aromatic carbocycles. The van der Waals surface area contributed by atoms with Gasteiger partial charge in [0.1, 0.15) is 0 Å². The first kappa shape index (κ1) is 15.9. The first-order chi connectivity index (χ1) is 12.7. The molecule has 0 saturated carbocycles. The zero-order valence-corrected chi connectivity index (χ0v) is 15.2. The Bertz CT molecular complexity index is 900. The second-order valence-corrected chi connectivity index (χ2v) is 7.74. The van der Waals surface area contributed by atoms with Crippen molar-refractivity contribution in [1.29, 1.82) is 0 Å². The molecule has 0 aliphatic carbocycles. The number of hydrogen-bond acceptors (Lipinski definition) is 4. The highest BCUT2D eigenvalue weighted by molar-refractivity contribution is 5.89. The third-order valence-corrected chi connectivity index (χ3v) is 6.54. The highest BCUT2D eigenvalue weighted by Crippen LogP contribution is 2.47. The molecule has 4 heterocycles. The Morgan fingerprint density at radius 2 is 2.19 bits per heavy atom. The molecule has 2 aromatic rings. The van der Waals surface area contributed by atoms with Gasteiger partial charge in [0.15, 0.2) is 0 Å². The van der Waals surface area contributed by atoms with Crippen molar-refractivity contribution < 1.29 is 14.3 Å². The summed E-state index contributed by atoms with van der Waals surface area (Å²) in [5.41, 5.74) is 4.69. The van der Waals surface area contributed by atoms with Crippen LogP contribution in [0.1, 0.15) is 30.6 Å². The molecule has 3 aliphatic rings. The van der Waals surface area contributed by atoms with Gasteiger partial charge in [0.25, 0.3) is 0 Å². The number of rotatable bonds is 1. The zero-order chi connectivity index (χ0) is 17.8. The lowest BCUT2D eigenvalue weighted by atomic mass is 9.72. The van der Waals surface area contributed by atoms with E-state index in [1.807, 2.05) is 0 Å². The summed E-state index contributed by atoms with van der Waals surface area (Å²) >= 11 is 0. The molecule has 26 heavy (non-hydrogen) atoms. The average molecular weight is 352 g/mol. The van der Waals surface area contributed by atoms with E-state index in [0.717, 1.165) is 25.9 Å². The predicted molar refractivity (Wildman–Crippen MR) is 98.6 cm³/mol. The Morgan fingerprint density at radius 3 is 3.04 bits per heavy atom. The van der Waals surface area contributed by atoms with E-state index in [4.69, 9.17) is 9.47 Å². The summed E-state index contributed by atoms with van der Waals surface area (Å²) in [6.07, 6.45) is 3.77. The molecule has 0 amide bonds. The van der Waals surface area contributed by atoms with E-state index in [1.165, 1.54) is 29.3 Å². The maximum atomic E-state index is 12.3. The van der Waals surface area contributed by atoms with E-state index in [1.54, 1.807) is 6.26 Å². The van der Waals surface area contributed by atoms with Gasteiger partial charge in [-0.2, -0.15) is 0 Å². The number of nitrogens with one attached hydrogen (secondary N) is 1. The normalized spacial score (nSPS) is 30.6. The molecule has 0 spiro atoms. The van der Waals surface area contributed by atoms with Gasteiger partial charge in [0.2, 0.25) is 0 Å². The van der Waals surface area contributed by atoms with Gasteiger partial charge in [-0.1, -0.05) is 18.2 Å². The smallest absolute Gasteiger partial charge is 0.337 e. The number of aromatic amines is 1. The highest BCUT2D eigenvalue weighted by Gasteiger charge is 2.46. The first-order valence-electron chi connectivity index (χ1n) is 9.44. The lowest BCUT2D eigenvalue weighted by molar-refractivity contribution is -0.139. The number of aromatic nitrogens is 1. The van der Waals surface area contributed by atoms with Crippen LogP contribution < -0.4 is 0 Å². The number of nitrogens with zero attached hydrogens (tertiary/aromatic N) is 1. The number of carbonyl (C=O) groups excluding carboxylic acids is 1. The van der Waals surface area contributed by atoms with E-state index >= 15 is 0 Å². The van der Waals surface area contributed by atoms with E-state index in [9.17, 15) is 4.79 Å². The summed E-state index contributed by atoms with van der Waals surface area (Å²) in [4.78, 5) is 18.5. The number of ether oxygens (including phenoxy) is 2. The fourth-order valence-electron chi connectivity index (χ4n) is 5.19. The number of carbonyl (C=O) groups is 1. The van der Waals surface area contributed by atoms with Gasteiger partial charge in [0.05, 0.1) is 31.1 Å². The third kappa shape index (κ3) is 2.23. The Kier molecular flexibility index (Phi) is 3.60. The van der Waals surface area contributed by atoms with Crippen molar-refractivity contribution in [3.8, 4) is 0 Å². The Morgan fingerprint density at radius 1 is 1.35 bits per heavy atom. The first-order valence-corrected chi connectivity index (χ1v) is 9.44. The van der Waals surface area contributed by atoms with Crippen molar-refractivity contribution in [2.45, 2.75) is 31.9 Å². The molecule has 5 heteroatoms. The van der Waals surface area contributed by atoms with Crippen LogP contribution in [0.15, 0.2) is 36.1 Å². The van der Waals surface area contributed by atoms with E-state index in [0.29, 0.717) is 17.5 Å². The molecule has 0 bridgehead atoms. The molecule has 136 valence electrons. The van der Waals surface area contributed by atoms with Gasteiger partial charge in [-0.25, -0.2) is 4.79 Å². The van der Waals surface area contributed by atoms with Crippen LogP contribution in [0.2, 0.25) is 0 Å². The van der Waals surface area contributed by atoms with E-state index < -0.39 is 0 Å². The number of H-pyrrole nitrogens is 1. The van der Waals surface area contributed by atoms with Crippen LogP contribution in [0.4, 0.5) is 0 Å². The van der Waals surface area contributed by atoms with Crippen molar-refractivity contribution in [3.05, 3.63) is 47.4 Å². The molecule has 4 atom stereocenters. The maximum Gasteiger partial charge on any atom is 0.337 e. The van der Waals surface area contributed by atoms with Gasteiger partial charge in [-0.3, -0.25) is 4.90 Å². The Labute approximate surface area is 153 Å². The van der Waals surface area contributed by atoms with Crippen LogP contribution in [0.5, 0.6) is 0 Å². The lowest BCUT2D eigenvalue weighted by Crippen LogP contribution is -2.51. The van der Waals surface area contributed by atoms with Crippen molar-refractivity contribution in [2.24, 2.45) is 11.8 Å². The summed E-state index contributed by atoms with van der Waals surface area (Å²) in [5, 5.41) is 1.34. The topological polar surface area (TPSA) is 54.6 Å². The SMILES string of the molecule is COC(=O)C1=CO[C@@H](C)C2CN3CCc4c([nH]c5ccccc45)[C@@H]3C[C@H]12. The maximum absolute atomic E-state index is 12.3. The number of fused-ring (bicyclic) bond motifs is 6. The largest absolute Gasteiger partial charge is 0.497 e. The summed E-state index contributed by atoms with van der Waals surface area (Å²) in [6, 6.07) is 8.88. The third-order valence-electron chi connectivity index (χ3n) is 6.54. The van der Waals surface area contributed by atoms with Gasteiger partial charge < -0.3 is 14.5 Å². The zero-order valence-electron chi connectivity index (χ0n) is 15.2. The van der Waals surface area contributed by atoms with Crippen LogP contribution in [0, 0.1) is 11.8 Å². The molecule has 1 fully saturated rings. The minimum atomic E-state index is -0.256. The summed E-state index contributed by atoms with van der Waals surface area (Å²) in [5.74, 6) is 0.258. The molecule has 1 unspecified atom stereocenters. The van der Waals surface area contributed by atoms with Crippen LogP contribution >= 0.6 is 0 Å². The summed E-state index contributed by atoms with van der Waals surface area (Å²) < 4.78 is 10.8. The molecule has 1 N–H and O–H groups in total. The number of para-hydroxylation sites is 1. The minimum absolute atomic E-state index is 0.124. The highest BCUT2D eigenvalue weighted by atomic mass is 16.5. The van der Waals surface area contributed by atoms with E-state index in [2.05, 4.69) is 41.1 Å². The molecule has 0 radical (unpaired) electrons. The Hall–Kier alpha value is -2.27. The summed E-state index contributed by atoms with van der Waals surface area (Å²) in [6.45, 7) is 4.13. The molecule has 1 aromatic heterocycles. The monoisotopic (exact) mass is 352 g/mol. The van der Waals surface area contributed by atoms with Crippen LogP contribution in [0.25, 0.3) is 10.9 Å². The van der Waals surface area contributed by atoms with Gasteiger partial charge in [-0.15, -0.1) is 0 Å². The van der Waals surface area contributed by atoms with Crippen molar-refractivity contribution >= 4 is 16.9 Å². The number of methoxy groups -OCH3 is 1. The second-order valence-electron chi connectivity index (χ2n) is 7.74. The average Bonchev–Trinajstić information content (AvgIpc) is 3.06. The fraction of sp³-hybridized carbons (Fsp3) is 0.476. The quantitative estimate of drug-likeness (QED) is 0.801. The second kappa shape index (κ2) is 5.88. The minimum Gasteiger partial charge on any atom is -0.497 e. The number of esters is 1. The van der Waals surface area contributed by atoms with Crippen molar-refractivity contribution in [3.63, 3.8) is 0 Å². The number of benzene rings is 1. The summed E-state index contributed by atoms with van der Waals surface area (Å²) in [7, 11) is 1.45. The number of piperidine rings is 1.